The van der Waals surface area contributed by atoms with Crippen molar-refractivity contribution in [3.05, 3.63) is 59.1 Å². The molecule has 0 aliphatic carbocycles. The predicted molar refractivity (Wildman–Crippen MR) is 97.8 cm³/mol. The number of aliphatic hydroxyl groups is 1. The number of hydrogen-bond donors (Lipinski definition) is 1. The van der Waals surface area contributed by atoms with Gasteiger partial charge < -0.3 is 5.11 Å². The van der Waals surface area contributed by atoms with E-state index in [-0.39, 0.29) is 21.2 Å². The third-order valence-corrected chi connectivity index (χ3v) is 6.16. The van der Waals surface area contributed by atoms with Gasteiger partial charge in [-0.15, -0.1) is 0 Å². The van der Waals surface area contributed by atoms with Crippen LogP contribution in [0.1, 0.15) is 19.4 Å². The van der Waals surface area contributed by atoms with Crippen LogP contribution in [0.4, 0.5) is 23.2 Å². The summed E-state index contributed by atoms with van der Waals surface area (Å²) in [7, 11) is -1.88. The van der Waals surface area contributed by atoms with Crippen LogP contribution in [-0.4, -0.2) is 28.2 Å². The molecule has 3 nitrogen and oxygen atoms in total. The molecule has 2 rings (SSSR count). The van der Waals surface area contributed by atoms with Crippen LogP contribution >= 0.6 is 11.6 Å². The summed E-state index contributed by atoms with van der Waals surface area (Å²) in [5, 5.41) is 9.98. The van der Waals surface area contributed by atoms with Gasteiger partial charge in [-0.1, -0.05) is 35.9 Å². The summed E-state index contributed by atoms with van der Waals surface area (Å²) in [5.41, 5.74) is -3.18. The SMILES string of the molecule is CC(CF)N(c1ccc(C(C)(O)C(F)(F)F)cc1)S(=O)c1ccccc1Cl. The molecule has 27 heavy (non-hydrogen) atoms. The van der Waals surface area contributed by atoms with Gasteiger partial charge in [0.2, 0.25) is 0 Å². The quantitative estimate of drug-likeness (QED) is 0.664. The summed E-state index contributed by atoms with van der Waals surface area (Å²) < 4.78 is 66.5. The molecular formula is C18H18ClF4NO2S. The van der Waals surface area contributed by atoms with Gasteiger partial charge in [-0.2, -0.15) is 13.2 Å². The lowest BCUT2D eigenvalue weighted by Crippen LogP contribution is -2.39. The van der Waals surface area contributed by atoms with E-state index in [1.54, 1.807) is 12.1 Å². The fraction of sp³-hybridized carbons (Fsp3) is 0.333. The lowest BCUT2D eigenvalue weighted by molar-refractivity contribution is -0.258. The Kier molecular flexibility index (Phi) is 6.55. The van der Waals surface area contributed by atoms with E-state index in [1.807, 2.05) is 0 Å². The van der Waals surface area contributed by atoms with E-state index in [0.29, 0.717) is 6.92 Å². The number of anilines is 1. The van der Waals surface area contributed by atoms with Crippen molar-refractivity contribution in [3.63, 3.8) is 0 Å². The molecule has 0 aliphatic rings. The van der Waals surface area contributed by atoms with Gasteiger partial charge in [0.25, 0.3) is 0 Å². The smallest absolute Gasteiger partial charge is 0.376 e. The minimum absolute atomic E-state index is 0.225. The van der Waals surface area contributed by atoms with E-state index in [2.05, 4.69) is 0 Å². The van der Waals surface area contributed by atoms with Gasteiger partial charge in [0.1, 0.15) is 6.67 Å². The standard InChI is InChI=1S/C18H18ClF4NO2S/c1-12(11-20)24(27(26)16-6-4-3-5-15(16)19)14-9-7-13(8-10-14)17(2,25)18(21,22)23/h3-10,12,25H,11H2,1-2H3. The van der Waals surface area contributed by atoms with Crippen molar-refractivity contribution < 1.29 is 26.9 Å². The third-order valence-electron chi connectivity index (χ3n) is 4.06. The van der Waals surface area contributed by atoms with Crippen molar-refractivity contribution in [1.29, 1.82) is 0 Å². The van der Waals surface area contributed by atoms with Crippen molar-refractivity contribution in [2.45, 2.75) is 36.6 Å². The largest absolute Gasteiger partial charge is 0.421 e. The first-order chi connectivity index (χ1) is 12.5. The van der Waals surface area contributed by atoms with Crippen LogP contribution in [0.2, 0.25) is 5.02 Å². The molecule has 0 radical (unpaired) electrons. The van der Waals surface area contributed by atoms with E-state index in [1.165, 1.54) is 35.5 Å². The maximum Gasteiger partial charge on any atom is 0.421 e. The van der Waals surface area contributed by atoms with Gasteiger partial charge in [0.05, 0.1) is 21.6 Å². The second-order valence-corrected chi connectivity index (χ2v) is 7.86. The molecule has 3 unspecified atom stereocenters. The summed E-state index contributed by atoms with van der Waals surface area (Å²) in [5.74, 6) is 0. The summed E-state index contributed by atoms with van der Waals surface area (Å²) in [6, 6.07) is 10.2. The van der Waals surface area contributed by atoms with E-state index in [0.717, 1.165) is 12.1 Å². The van der Waals surface area contributed by atoms with Crippen molar-refractivity contribution in [2.75, 3.05) is 11.0 Å². The molecule has 0 aliphatic heterocycles. The molecule has 0 aromatic heterocycles. The average molecular weight is 424 g/mol. The Balaban J connectivity index is 2.44. The van der Waals surface area contributed by atoms with Gasteiger partial charge in [0.15, 0.2) is 16.6 Å². The molecule has 0 saturated carbocycles. The fourth-order valence-corrected chi connectivity index (χ4v) is 4.04. The maximum atomic E-state index is 13.3. The topological polar surface area (TPSA) is 40.5 Å². The zero-order valence-electron chi connectivity index (χ0n) is 14.5. The molecule has 0 saturated heterocycles. The lowest BCUT2D eigenvalue weighted by atomic mass is 9.95. The second-order valence-electron chi connectivity index (χ2n) is 6.13. The molecule has 0 heterocycles. The first kappa shape index (κ1) is 21.7. The number of hydrogen-bond acceptors (Lipinski definition) is 2. The van der Waals surface area contributed by atoms with E-state index in [4.69, 9.17) is 11.6 Å². The summed E-state index contributed by atoms with van der Waals surface area (Å²) in [6.45, 7) is 1.30. The summed E-state index contributed by atoms with van der Waals surface area (Å²) in [4.78, 5) is 0.255. The van der Waals surface area contributed by atoms with Crippen LogP contribution in [-0.2, 0) is 16.6 Å². The number of nitrogens with zero attached hydrogens (tertiary/aromatic N) is 1. The highest BCUT2D eigenvalue weighted by atomic mass is 35.5. The van der Waals surface area contributed by atoms with Crippen LogP contribution in [0, 0.1) is 0 Å². The van der Waals surface area contributed by atoms with Crippen LogP contribution in [0.15, 0.2) is 53.4 Å². The maximum absolute atomic E-state index is 13.3. The monoisotopic (exact) mass is 423 g/mol. The van der Waals surface area contributed by atoms with Crippen molar-refractivity contribution in [3.8, 4) is 0 Å². The Morgan fingerprint density at radius 2 is 1.70 bits per heavy atom. The minimum atomic E-state index is -4.86. The summed E-state index contributed by atoms with van der Waals surface area (Å²) in [6.07, 6.45) is -4.86. The van der Waals surface area contributed by atoms with Gasteiger partial charge in [-0.3, -0.25) is 4.31 Å². The number of rotatable bonds is 6. The average Bonchev–Trinajstić information content (AvgIpc) is 2.61. The molecule has 0 fully saturated rings. The molecule has 0 bridgehead atoms. The van der Waals surface area contributed by atoms with Crippen molar-refractivity contribution in [1.82, 2.24) is 0 Å². The number of alkyl halides is 4. The van der Waals surface area contributed by atoms with Crippen molar-refractivity contribution >= 4 is 28.3 Å². The van der Waals surface area contributed by atoms with Gasteiger partial charge in [0, 0.05) is 0 Å². The van der Waals surface area contributed by atoms with E-state index < -0.39 is 35.5 Å². The van der Waals surface area contributed by atoms with Crippen molar-refractivity contribution in [2.24, 2.45) is 0 Å². The molecule has 3 atom stereocenters. The third kappa shape index (κ3) is 4.44. The summed E-state index contributed by atoms with van der Waals surface area (Å²) >= 11 is 6.06. The number of benzene rings is 2. The van der Waals surface area contributed by atoms with Crippen LogP contribution in [0.5, 0.6) is 0 Å². The highest BCUT2D eigenvalue weighted by molar-refractivity contribution is 7.86. The fourth-order valence-electron chi connectivity index (χ4n) is 2.37. The molecule has 1 N–H and O–H groups in total. The lowest BCUT2D eigenvalue weighted by Gasteiger charge is -2.30. The van der Waals surface area contributed by atoms with E-state index >= 15 is 0 Å². The Bertz CT molecular complexity index is 812. The highest BCUT2D eigenvalue weighted by Crippen LogP contribution is 2.39. The van der Waals surface area contributed by atoms with Gasteiger partial charge in [-0.25, -0.2) is 8.60 Å². The van der Waals surface area contributed by atoms with E-state index in [9.17, 15) is 26.9 Å². The molecule has 2 aromatic carbocycles. The van der Waals surface area contributed by atoms with Crippen LogP contribution in [0.25, 0.3) is 0 Å². The van der Waals surface area contributed by atoms with Crippen LogP contribution in [0.3, 0.4) is 0 Å². The van der Waals surface area contributed by atoms with Gasteiger partial charge >= 0.3 is 6.18 Å². The second kappa shape index (κ2) is 8.16. The molecule has 148 valence electrons. The van der Waals surface area contributed by atoms with Crippen LogP contribution < -0.4 is 4.31 Å². The first-order valence-corrected chi connectivity index (χ1v) is 9.40. The first-order valence-electron chi connectivity index (χ1n) is 7.92. The Labute approximate surface area is 162 Å². The predicted octanol–water partition coefficient (Wildman–Crippen LogP) is 5.00. The zero-order chi connectivity index (χ0) is 20.4. The molecular weight excluding hydrogens is 406 g/mol. The molecule has 9 heteroatoms. The highest BCUT2D eigenvalue weighted by Gasteiger charge is 2.51. The zero-order valence-corrected chi connectivity index (χ0v) is 16.1. The molecule has 2 aromatic rings. The Hall–Kier alpha value is -1.64. The Morgan fingerprint density at radius 3 is 2.19 bits per heavy atom. The minimum Gasteiger partial charge on any atom is -0.376 e. The van der Waals surface area contributed by atoms with Gasteiger partial charge in [-0.05, 0) is 43.7 Å². The normalized spacial score (nSPS) is 16.4. The molecule has 0 spiro atoms. The molecule has 0 amide bonds. The Morgan fingerprint density at radius 1 is 1.15 bits per heavy atom. The number of halogens is 5.